The number of hydrogen-bond acceptors (Lipinski definition) is 7. The van der Waals surface area contributed by atoms with Crippen molar-refractivity contribution in [2.45, 2.75) is 30.9 Å². The van der Waals surface area contributed by atoms with Crippen molar-refractivity contribution in [3.8, 4) is 11.5 Å². The van der Waals surface area contributed by atoms with Crippen molar-refractivity contribution < 1.29 is 13.9 Å². The van der Waals surface area contributed by atoms with Gasteiger partial charge in [-0.15, -0.1) is 10.2 Å². The molecule has 0 amide bonds. The fourth-order valence-corrected chi connectivity index (χ4v) is 4.57. The average molecular weight is 436 g/mol. The van der Waals surface area contributed by atoms with E-state index in [1.54, 1.807) is 6.07 Å². The maximum Gasteiger partial charge on any atom is 0.336 e. The zero-order chi connectivity index (χ0) is 21.5. The molecule has 0 N–H and O–H groups in total. The summed E-state index contributed by atoms with van der Waals surface area (Å²) in [6.45, 7) is 4.35. The largest absolute Gasteiger partial charge is 0.485 e. The van der Waals surface area contributed by atoms with Crippen LogP contribution in [0.15, 0.2) is 56.8 Å². The Morgan fingerprint density at radius 2 is 1.94 bits per heavy atom. The van der Waals surface area contributed by atoms with Crippen LogP contribution in [0.2, 0.25) is 0 Å². The number of aromatic nitrogens is 3. The predicted octanol–water partition coefficient (Wildman–Crippen LogP) is 4.34. The number of rotatable bonds is 4. The summed E-state index contributed by atoms with van der Waals surface area (Å²) >= 11 is 1.52. The summed E-state index contributed by atoms with van der Waals surface area (Å²) in [5.74, 6) is 2.70. The highest BCUT2D eigenvalue weighted by molar-refractivity contribution is 7.98. The van der Waals surface area contributed by atoms with Crippen molar-refractivity contribution in [1.82, 2.24) is 14.8 Å². The van der Waals surface area contributed by atoms with Gasteiger partial charge in [-0.25, -0.2) is 4.79 Å². The lowest BCUT2D eigenvalue weighted by Crippen LogP contribution is -2.24. The molecule has 0 saturated heterocycles. The molecule has 158 valence electrons. The Bertz CT molecular complexity index is 1340. The van der Waals surface area contributed by atoms with Crippen LogP contribution in [0, 0.1) is 13.8 Å². The highest BCUT2D eigenvalue weighted by atomic mass is 32.2. The number of fused-ring (bicyclic) bond motifs is 2. The van der Waals surface area contributed by atoms with Gasteiger partial charge in [0.2, 0.25) is 0 Å². The van der Waals surface area contributed by atoms with Gasteiger partial charge in [0.25, 0.3) is 0 Å². The summed E-state index contributed by atoms with van der Waals surface area (Å²) in [6.07, 6.45) is -0.336. The van der Waals surface area contributed by atoms with Gasteiger partial charge >= 0.3 is 5.63 Å². The molecule has 0 bridgehead atoms. The van der Waals surface area contributed by atoms with Crippen LogP contribution >= 0.6 is 11.8 Å². The number of nitrogens with zero attached hydrogens (tertiary/aromatic N) is 3. The summed E-state index contributed by atoms with van der Waals surface area (Å²) in [5.41, 5.74) is 3.29. The molecular formula is C23H21N3O4S. The fourth-order valence-electron chi connectivity index (χ4n) is 3.67. The molecule has 1 aliphatic rings. The van der Waals surface area contributed by atoms with Crippen LogP contribution in [0.3, 0.4) is 0 Å². The van der Waals surface area contributed by atoms with Gasteiger partial charge in [-0.3, -0.25) is 0 Å². The Hall–Kier alpha value is -3.26. The lowest BCUT2D eigenvalue weighted by atomic mass is 10.0. The van der Waals surface area contributed by atoms with Crippen molar-refractivity contribution in [3.63, 3.8) is 0 Å². The van der Waals surface area contributed by atoms with Gasteiger partial charge in [-0.2, -0.15) is 0 Å². The molecule has 0 saturated carbocycles. The predicted molar refractivity (Wildman–Crippen MR) is 118 cm³/mol. The Kier molecular flexibility index (Phi) is 4.94. The molecule has 1 atom stereocenters. The Labute approximate surface area is 183 Å². The summed E-state index contributed by atoms with van der Waals surface area (Å²) < 4.78 is 19.3. The van der Waals surface area contributed by atoms with Crippen molar-refractivity contribution in [1.29, 1.82) is 0 Å². The second kappa shape index (κ2) is 7.77. The minimum absolute atomic E-state index is 0.336. The lowest BCUT2D eigenvalue weighted by Gasteiger charge is -2.25. The maximum absolute atomic E-state index is 12.1. The van der Waals surface area contributed by atoms with Crippen LogP contribution in [-0.4, -0.2) is 21.4 Å². The van der Waals surface area contributed by atoms with Crippen molar-refractivity contribution in [3.05, 3.63) is 75.4 Å². The number of para-hydroxylation sites is 2. The van der Waals surface area contributed by atoms with Gasteiger partial charge in [0.15, 0.2) is 28.6 Å². The Balaban J connectivity index is 1.39. The highest BCUT2D eigenvalue weighted by Crippen LogP contribution is 2.36. The van der Waals surface area contributed by atoms with Crippen LogP contribution in [0.5, 0.6) is 11.5 Å². The number of benzene rings is 2. The summed E-state index contributed by atoms with van der Waals surface area (Å²) in [7, 11) is 1.91. The Morgan fingerprint density at radius 1 is 1.13 bits per heavy atom. The molecule has 1 unspecified atom stereocenters. The molecule has 8 heteroatoms. The molecule has 3 heterocycles. The first-order chi connectivity index (χ1) is 15.0. The van der Waals surface area contributed by atoms with E-state index in [1.165, 1.54) is 11.8 Å². The van der Waals surface area contributed by atoms with E-state index in [0.717, 1.165) is 33.0 Å². The van der Waals surface area contributed by atoms with Crippen LogP contribution in [0.1, 0.15) is 28.6 Å². The zero-order valence-electron chi connectivity index (χ0n) is 17.4. The molecule has 0 fully saturated rings. The third kappa shape index (κ3) is 3.57. The number of thioether (sulfide) groups is 1. The second-order valence-electron chi connectivity index (χ2n) is 7.53. The third-order valence-corrected chi connectivity index (χ3v) is 6.61. The van der Waals surface area contributed by atoms with Gasteiger partial charge in [0, 0.05) is 24.3 Å². The smallest absolute Gasteiger partial charge is 0.336 e. The molecule has 7 nitrogen and oxygen atoms in total. The standard InChI is InChI=1S/C23H21N3O4S/c1-13-8-9-16-15(10-20(27)30-21(16)14(13)2)12-31-23-25-24-22(26(23)3)19-11-28-17-6-4-5-7-18(17)29-19/h4-10,19H,11-12H2,1-3H3. The molecule has 2 aromatic carbocycles. The first-order valence-electron chi connectivity index (χ1n) is 9.95. The van der Waals surface area contributed by atoms with Crippen molar-refractivity contribution in [2.24, 2.45) is 7.05 Å². The first-order valence-corrected chi connectivity index (χ1v) is 10.9. The summed E-state index contributed by atoms with van der Waals surface area (Å²) in [4.78, 5) is 12.1. The fraction of sp³-hybridized carbons (Fsp3) is 0.261. The monoisotopic (exact) mass is 435 g/mol. The molecule has 0 spiro atoms. The molecular weight excluding hydrogens is 414 g/mol. The zero-order valence-corrected chi connectivity index (χ0v) is 18.2. The van der Waals surface area contributed by atoms with Gasteiger partial charge in [0.1, 0.15) is 12.2 Å². The van der Waals surface area contributed by atoms with Crippen LogP contribution in [0.4, 0.5) is 0 Å². The van der Waals surface area contributed by atoms with E-state index in [9.17, 15) is 4.79 Å². The molecule has 1 aliphatic heterocycles. The average Bonchev–Trinajstić information content (AvgIpc) is 3.15. The van der Waals surface area contributed by atoms with E-state index < -0.39 is 0 Å². The molecule has 4 aromatic rings. The number of ether oxygens (including phenoxy) is 2. The van der Waals surface area contributed by atoms with Crippen molar-refractivity contribution in [2.75, 3.05) is 6.61 Å². The molecule has 2 aromatic heterocycles. The SMILES string of the molecule is Cc1ccc2c(CSc3nnc(C4COc5ccccc5O4)n3C)cc(=O)oc2c1C. The van der Waals surface area contributed by atoms with E-state index in [1.807, 2.05) is 61.9 Å². The molecule has 31 heavy (non-hydrogen) atoms. The number of hydrogen-bond donors (Lipinski definition) is 0. The summed E-state index contributed by atoms with van der Waals surface area (Å²) in [5, 5.41) is 10.4. The van der Waals surface area contributed by atoms with Crippen molar-refractivity contribution >= 4 is 22.7 Å². The summed E-state index contributed by atoms with van der Waals surface area (Å²) in [6, 6.07) is 13.2. The molecule has 0 aliphatic carbocycles. The quantitative estimate of drug-likeness (QED) is 0.348. The Morgan fingerprint density at radius 3 is 2.77 bits per heavy atom. The van der Waals surface area contributed by atoms with E-state index >= 15 is 0 Å². The minimum Gasteiger partial charge on any atom is -0.485 e. The first kappa shape index (κ1) is 19.7. The minimum atomic E-state index is -0.345. The lowest BCUT2D eigenvalue weighted by molar-refractivity contribution is 0.0825. The molecule has 0 radical (unpaired) electrons. The van der Waals surface area contributed by atoms with E-state index in [-0.39, 0.29) is 11.7 Å². The van der Waals surface area contributed by atoms with Gasteiger partial charge in [0.05, 0.1) is 0 Å². The maximum atomic E-state index is 12.1. The third-order valence-electron chi connectivity index (χ3n) is 5.54. The van der Waals surface area contributed by atoms with E-state index in [4.69, 9.17) is 13.9 Å². The number of aryl methyl sites for hydroxylation is 2. The van der Waals surface area contributed by atoms with Crippen LogP contribution in [-0.2, 0) is 12.8 Å². The topological polar surface area (TPSA) is 79.4 Å². The van der Waals surface area contributed by atoms with Gasteiger partial charge in [-0.1, -0.05) is 36.0 Å². The van der Waals surface area contributed by atoms with E-state index in [0.29, 0.717) is 29.5 Å². The highest BCUT2D eigenvalue weighted by Gasteiger charge is 2.27. The van der Waals surface area contributed by atoms with E-state index in [2.05, 4.69) is 10.2 Å². The molecule has 5 rings (SSSR count). The van der Waals surface area contributed by atoms with Crippen LogP contribution < -0.4 is 15.1 Å². The van der Waals surface area contributed by atoms with Gasteiger partial charge in [-0.05, 0) is 42.7 Å². The van der Waals surface area contributed by atoms with Crippen LogP contribution in [0.25, 0.3) is 11.0 Å². The second-order valence-corrected chi connectivity index (χ2v) is 8.47. The normalized spacial score (nSPS) is 15.4. The van der Waals surface area contributed by atoms with Gasteiger partial charge < -0.3 is 18.5 Å².